The molecule has 2 aliphatic heterocycles. The van der Waals surface area contributed by atoms with Crippen LogP contribution in [0.25, 0.3) is 0 Å². The van der Waals surface area contributed by atoms with Crippen LogP contribution < -0.4 is 15.5 Å². The van der Waals surface area contributed by atoms with Gasteiger partial charge in [-0.15, -0.1) is 11.3 Å². The van der Waals surface area contributed by atoms with E-state index < -0.39 is 0 Å². The van der Waals surface area contributed by atoms with Crippen molar-refractivity contribution < 1.29 is 4.74 Å². The second-order valence-corrected chi connectivity index (χ2v) is 10.1. The molecule has 6 nitrogen and oxygen atoms in total. The Morgan fingerprint density at radius 1 is 1.28 bits per heavy atom. The standard InChI is InChI=1S/C22H39N5OS/c1-5-23-20(25-15-17-9-8-14-28-19(17)22(2,3)4)24-11-10-18-16-29-21(26-18)27-12-6-7-13-27/h16-17,19H,5-15H2,1-4H3,(H2,23,24,25). The van der Waals surface area contributed by atoms with Crippen molar-refractivity contribution in [3.05, 3.63) is 11.1 Å². The zero-order chi connectivity index (χ0) is 20.7. The van der Waals surface area contributed by atoms with E-state index in [2.05, 4.69) is 48.6 Å². The summed E-state index contributed by atoms with van der Waals surface area (Å²) in [6.07, 6.45) is 6.12. The largest absolute Gasteiger partial charge is 0.377 e. The van der Waals surface area contributed by atoms with Gasteiger partial charge in [-0.1, -0.05) is 20.8 Å². The maximum absolute atomic E-state index is 6.11. The molecule has 2 aliphatic rings. The number of ether oxygens (including phenoxy) is 1. The molecular formula is C22H39N5OS. The molecule has 164 valence electrons. The molecule has 0 spiro atoms. The number of thiazole rings is 1. The first kappa shape index (κ1) is 22.3. The summed E-state index contributed by atoms with van der Waals surface area (Å²) in [5.74, 6) is 1.39. The molecule has 2 fully saturated rings. The molecule has 2 saturated heterocycles. The van der Waals surface area contributed by atoms with Crippen LogP contribution in [0, 0.1) is 11.3 Å². The minimum Gasteiger partial charge on any atom is -0.377 e. The van der Waals surface area contributed by atoms with Gasteiger partial charge in [0.15, 0.2) is 11.1 Å². The van der Waals surface area contributed by atoms with Gasteiger partial charge in [0.05, 0.1) is 11.8 Å². The Labute approximate surface area is 180 Å². The lowest BCUT2D eigenvalue weighted by atomic mass is 9.78. The third-order valence-corrected chi connectivity index (χ3v) is 6.67. The Kier molecular flexibility index (Phi) is 8.18. The van der Waals surface area contributed by atoms with Gasteiger partial charge in [-0.2, -0.15) is 0 Å². The summed E-state index contributed by atoms with van der Waals surface area (Å²) < 4.78 is 6.11. The molecule has 1 aromatic heterocycles. The molecular weight excluding hydrogens is 382 g/mol. The second-order valence-electron chi connectivity index (χ2n) is 9.27. The van der Waals surface area contributed by atoms with Crippen LogP contribution in [0.5, 0.6) is 0 Å². The number of anilines is 1. The number of guanidine groups is 1. The van der Waals surface area contributed by atoms with E-state index in [0.29, 0.717) is 5.92 Å². The van der Waals surface area contributed by atoms with Gasteiger partial charge in [-0.05, 0) is 38.0 Å². The molecule has 3 rings (SSSR count). The predicted molar refractivity (Wildman–Crippen MR) is 123 cm³/mol. The number of hydrogen-bond acceptors (Lipinski definition) is 5. The fourth-order valence-electron chi connectivity index (χ4n) is 4.31. The summed E-state index contributed by atoms with van der Waals surface area (Å²) in [7, 11) is 0. The molecule has 0 saturated carbocycles. The van der Waals surface area contributed by atoms with Gasteiger partial charge in [0.25, 0.3) is 0 Å². The normalized spacial score (nSPS) is 23.4. The fourth-order valence-corrected chi connectivity index (χ4v) is 5.23. The average molecular weight is 422 g/mol. The molecule has 2 N–H and O–H groups in total. The first-order chi connectivity index (χ1) is 14.0. The summed E-state index contributed by atoms with van der Waals surface area (Å²) in [4.78, 5) is 12.1. The van der Waals surface area contributed by atoms with Gasteiger partial charge in [0.1, 0.15) is 0 Å². The van der Waals surface area contributed by atoms with Crippen LogP contribution in [-0.2, 0) is 11.2 Å². The Morgan fingerprint density at radius 2 is 2.07 bits per heavy atom. The minimum absolute atomic E-state index is 0.157. The van der Waals surface area contributed by atoms with Crippen LogP contribution in [0.1, 0.15) is 59.1 Å². The predicted octanol–water partition coefficient (Wildman–Crippen LogP) is 3.68. The van der Waals surface area contributed by atoms with Crippen molar-refractivity contribution in [3.8, 4) is 0 Å². The van der Waals surface area contributed by atoms with E-state index in [0.717, 1.165) is 58.1 Å². The first-order valence-corrected chi connectivity index (χ1v) is 12.2. The fraction of sp³-hybridized carbons (Fsp3) is 0.818. The molecule has 0 amide bonds. The van der Waals surface area contributed by atoms with Gasteiger partial charge in [-0.25, -0.2) is 4.98 Å². The van der Waals surface area contributed by atoms with E-state index >= 15 is 0 Å². The quantitative estimate of drug-likeness (QED) is 0.519. The van der Waals surface area contributed by atoms with E-state index in [-0.39, 0.29) is 11.5 Å². The maximum atomic E-state index is 6.11. The number of aliphatic imine (C=N–C) groups is 1. The molecule has 2 unspecified atom stereocenters. The van der Waals surface area contributed by atoms with Crippen LogP contribution in [0.4, 0.5) is 5.13 Å². The van der Waals surface area contributed by atoms with Gasteiger partial charge in [0, 0.05) is 57.0 Å². The highest BCUT2D eigenvalue weighted by atomic mass is 32.1. The molecule has 0 radical (unpaired) electrons. The third kappa shape index (κ3) is 6.57. The summed E-state index contributed by atoms with van der Waals surface area (Å²) >= 11 is 1.77. The van der Waals surface area contributed by atoms with Gasteiger partial charge in [0.2, 0.25) is 0 Å². The zero-order valence-corrected chi connectivity index (χ0v) is 19.5. The SMILES string of the molecule is CCNC(=NCC1CCCOC1C(C)(C)C)NCCc1csc(N2CCCC2)n1. The lowest BCUT2D eigenvalue weighted by molar-refractivity contribution is -0.0823. The molecule has 29 heavy (non-hydrogen) atoms. The van der Waals surface area contributed by atoms with Crippen molar-refractivity contribution in [1.29, 1.82) is 0 Å². The molecule has 3 heterocycles. The topological polar surface area (TPSA) is 61.8 Å². The van der Waals surface area contributed by atoms with Gasteiger partial charge in [-0.3, -0.25) is 4.99 Å². The number of hydrogen-bond donors (Lipinski definition) is 2. The minimum atomic E-state index is 0.157. The summed E-state index contributed by atoms with van der Waals surface area (Å²) in [5.41, 5.74) is 1.33. The number of nitrogens with zero attached hydrogens (tertiary/aromatic N) is 3. The molecule has 0 bridgehead atoms. The highest BCUT2D eigenvalue weighted by Gasteiger charge is 2.35. The Balaban J connectivity index is 1.50. The lowest BCUT2D eigenvalue weighted by Crippen LogP contribution is -2.43. The van der Waals surface area contributed by atoms with Gasteiger partial charge < -0.3 is 20.3 Å². The Bertz CT molecular complexity index is 648. The van der Waals surface area contributed by atoms with Crippen molar-refractivity contribution in [3.63, 3.8) is 0 Å². The van der Waals surface area contributed by atoms with Crippen LogP contribution in [0.3, 0.4) is 0 Å². The summed E-state index contributed by atoms with van der Waals surface area (Å²) in [6, 6.07) is 0. The van der Waals surface area contributed by atoms with Crippen LogP contribution in [0.15, 0.2) is 10.4 Å². The van der Waals surface area contributed by atoms with Crippen molar-refractivity contribution in [2.45, 2.75) is 65.9 Å². The monoisotopic (exact) mass is 421 g/mol. The molecule has 0 aliphatic carbocycles. The highest BCUT2D eigenvalue weighted by molar-refractivity contribution is 7.13. The summed E-state index contributed by atoms with van der Waals surface area (Å²) in [6.45, 7) is 14.6. The Hall–Kier alpha value is -1.34. The second kappa shape index (κ2) is 10.6. The van der Waals surface area contributed by atoms with Gasteiger partial charge >= 0.3 is 0 Å². The Morgan fingerprint density at radius 3 is 2.79 bits per heavy atom. The van der Waals surface area contributed by atoms with Crippen molar-refractivity contribution >= 4 is 22.4 Å². The smallest absolute Gasteiger partial charge is 0.191 e. The maximum Gasteiger partial charge on any atom is 0.191 e. The van der Waals surface area contributed by atoms with Crippen molar-refractivity contribution in [1.82, 2.24) is 15.6 Å². The number of aromatic nitrogens is 1. The molecule has 2 atom stereocenters. The third-order valence-electron chi connectivity index (χ3n) is 5.72. The van der Waals surface area contributed by atoms with E-state index in [9.17, 15) is 0 Å². The van der Waals surface area contributed by atoms with E-state index in [4.69, 9.17) is 14.7 Å². The first-order valence-electron chi connectivity index (χ1n) is 11.3. The molecule has 0 aromatic carbocycles. The number of nitrogens with one attached hydrogen (secondary N) is 2. The van der Waals surface area contributed by atoms with Crippen LogP contribution in [-0.4, -0.2) is 56.4 Å². The average Bonchev–Trinajstić information content (AvgIpc) is 3.37. The van der Waals surface area contributed by atoms with Crippen molar-refractivity contribution in [2.24, 2.45) is 16.3 Å². The van der Waals surface area contributed by atoms with Crippen LogP contribution in [0.2, 0.25) is 0 Å². The molecule has 7 heteroatoms. The van der Waals surface area contributed by atoms with E-state index in [1.165, 1.54) is 30.1 Å². The lowest BCUT2D eigenvalue weighted by Gasteiger charge is -2.39. The molecule has 1 aromatic rings. The van der Waals surface area contributed by atoms with Crippen LogP contribution >= 0.6 is 11.3 Å². The number of rotatable bonds is 7. The van der Waals surface area contributed by atoms with E-state index in [1.54, 1.807) is 11.3 Å². The van der Waals surface area contributed by atoms with Crippen molar-refractivity contribution in [2.75, 3.05) is 44.2 Å². The highest BCUT2D eigenvalue weighted by Crippen LogP contribution is 2.34. The van der Waals surface area contributed by atoms with E-state index in [1.807, 2.05) is 0 Å². The summed E-state index contributed by atoms with van der Waals surface area (Å²) in [5, 5.41) is 10.3. The zero-order valence-electron chi connectivity index (χ0n) is 18.7.